The van der Waals surface area contributed by atoms with E-state index in [1.165, 1.54) is 6.33 Å². The van der Waals surface area contributed by atoms with E-state index < -0.39 is 5.60 Å². The normalized spacial score (nSPS) is 18.9. The van der Waals surface area contributed by atoms with Crippen LogP contribution in [0.5, 0.6) is 0 Å². The summed E-state index contributed by atoms with van der Waals surface area (Å²) in [6.45, 7) is 5.79. The summed E-state index contributed by atoms with van der Waals surface area (Å²) in [6, 6.07) is 10.1. The molecule has 1 aromatic carbocycles. The van der Waals surface area contributed by atoms with Gasteiger partial charge in [-0.2, -0.15) is 0 Å². The van der Waals surface area contributed by atoms with Crippen molar-refractivity contribution in [3.05, 3.63) is 41.1 Å². The summed E-state index contributed by atoms with van der Waals surface area (Å²) in [7, 11) is 0. The lowest BCUT2D eigenvalue weighted by Crippen LogP contribution is -2.34. The highest BCUT2D eigenvalue weighted by molar-refractivity contribution is 9.10. The largest absolute Gasteiger partial charge is 0.458 e. The van der Waals surface area contributed by atoms with Gasteiger partial charge in [0, 0.05) is 11.6 Å². The topological polar surface area (TPSA) is 86.5 Å². The molecule has 0 amide bonds. The fourth-order valence-electron chi connectivity index (χ4n) is 4.00. The SMILES string of the molecule is CCC(C)(C)OC(=O)CO[C@@H]1CCC[C@H](Nc2ncnc3oc(-c4ccccc4)c(Br)c23)C1. The van der Waals surface area contributed by atoms with Crippen LogP contribution in [-0.4, -0.2) is 40.3 Å². The molecule has 1 aliphatic rings. The number of hydrogen-bond acceptors (Lipinski definition) is 7. The molecule has 2 aromatic heterocycles. The zero-order valence-corrected chi connectivity index (χ0v) is 20.9. The van der Waals surface area contributed by atoms with E-state index >= 15 is 0 Å². The number of halogens is 1. The van der Waals surface area contributed by atoms with Gasteiger partial charge in [0.1, 0.15) is 24.4 Å². The summed E-state index contributed by atoms with van der Waals surface area (Å²) in [5, 5.41) is 4.38. The highest BCUT2D eigenvalue weighted by atomic mass is 79.9. The number of ether oxygens (including phenoxy) is 2. The van der Waals surface area contributed by atoms with Crippen molar-refractivity contribution in [1.82, 2.24) is 9.97 Å². The molecule has 1 fully saturated rings. The number of esters is 1. The van der Waals surface area contributed by atoms with Gasteiger partial charge in [-0.05, 0) is 61.9 Å². The lowest BCUT2D eigenvalue weighted by Gasteiger charge is -2.30. The van der Waals surface area contributed by atoms with E-state index in [1.54, 1.807) is 0 Å². The second-order valence-corrected chi connectivity index (χ2v) is 9.83. The molecular weight excluding hydrogens is 486 g/mol. The third-order valence-corrected chi connectivity index (χ3v) is 6.87. The van der Waals surface area contributed by atoms with Gasteiger partial charge in [0.25, 0.3) is 0 Å². The molecule has 33 heavy (non-hydrogen) atoms. The first-order valence-electron chi connectivity index (χ1n) is 11.4. The van der Waals surface area contributed by atoms with Gasteiger partial charge < -0.3 is 19.2 Å². The molecule has 0 radical (unpaired) electrons. The third-order valence-electron chi connectivity index (χ3n) is 6.11. The van der Waals surface area contributed by atoms with Gasteiger partial charge in [-0.3, -0.25) is 0 Å². The Morgan fingerprint density at radius 3 is 2.79 bits per heavy atom. The number of nitrogens with one attached hydrogen (secondary N) is 1. The summed E-state index contributed by atoms with van der Waals surface area (Å²) in [4.78, 5) is 20.9. The molecule has 4 rings (SSSR count). The molecule has 176 valence electrons. The van der Waals surface area contributed by atoms with Gasteiger partial charge in [0.2, 0.25) is 5.71 Å². The van der Waals surface area contributed by atoms with Gasteiger partial charge >= 0.3 is 5.97 Å². The molecule has 1 aliphatic carbocycles. The first kappa shape index (κ1) is 23.7. The van der Waals surface area contributed by atoms with E-state index in [2.05, 4.69) is 31.2 Å². The minimum atomic E-state index is -0.466. The molecule has 8 heteroatoms. The number of nitrogens with zero attached hydrogens (tertiary/aromatic N) is 2. The molecular formula is C25H30BrN3O4. The smallest absolute Gasteiger partial charge is 0.332 e. The molecule has 2 heterocycles. The van der Waals surface area contributed by atoms with Gasteiger partial charge in [0.05, 0.1) is 16.0 Å². The van der Waals surface area contributed by atoms with E-state index in [0.29, 0.717) is 5.71 Å². The predicted octanol–water partition coefficient (Wildman–Crippen LogP) is 6.12. The fourth-order valence-corrected chi connectivity index (χ4v) is 4.67. The third kappa shape index (κ3) is 5.73. The minimum absolute atomic E-state index is 0.00135. The predicted molar refractivity (Wildman–Crippen MR) is 131 cm³/mol. The molecule has 3 aromatic rings. The van der Waals surface area contributed by atoms with Crippen LogP contribution in [0.4, 0.5) is 5.82 Å². The van der Waals surface area contributed by atoms with Crippen molar-refractivity contribution in [3.63, 3.8) is 0 Å². The number of hydrogen-bond donors (Lipinski definition) is 1. The van der Waals surface area contributed by atoms with Crippen molar-refractivity contribution >= 4 is 38.8 Å². The van der Waals surface area contributed by atoms with Crippen molar-refractivity contribution in [2.45, 2.75) is 70.6 Å². The molecule has 0 saturated heterocycles. The lowest BCUT2D eigenvalue weighted by atomic mass is 9.92. The highest BCUT2D eigenvalue weighted by Gasteiger charge is 2.27. The average molecular weight is 516 g/mol. The zero-order chi connectivity index (χ0) is 23.4. The summed E-state index contributed by atoms with van der Waals surface area (Å²) < 4.78 is 18.3. The molecule has 0 aliphatic heterocycles. The van der Waals surface area contributed by atoms with Crippen LogP contribution in [0.25, 0.3) is 22.4 Å². The van der Waals surface area contributed by atoms with Gasteiger partial charge in [0.15, 0.2) is 5.76 Å². The van der Waals surface area contributed by atoms with Gasteiger partial charge in [-0.15, -0.1) is 0 Å². The molecule has 2 atom stereocenters. The van der Waals surface area contributed by atoms with Crippen molar-refractivity contribution in [1.29, 1.82) is 0 Å². The molecule has 7 nitrogen and oxygen atoms in total. The Hall–Kier alpha value is -2.45. The molecule has 0 unspecified atom stereocenters. The first-order valence-corrected chi connectivity index (χ1v) is 12.2. The number of fused-ring (bicyclic) bond motifs is 1. The van der Waals surface area contributed by atoms with Crippen LogP contribution in [0, 0.1) is 0 Å². The summed E-state index contributed by atoms with van der Waals surface area (Å²) in [6.07, 6.45) is 5.99. The Balaban J connectivity index is 1.43. The van der Waals surface area contributed by atoms with Crippen molar-refractivity contribution < 1.29 is 18.7 Å². The number of carbonyl (C=O) groups excluding carboxylic acids is 1. The highest BCUT2D eigenvalue weighted by Crippen LogP contribution is 2.40. The monoisotopic (exact) mass is 515 g/mol. The molecule has 0 bridgehead atoms. The maximum Gasteiger partial charge on any atom is 0.332 e. The fraction of sp³-hybridized carbons (Fsp3) is 0.480. The Morgan fingerprint density at radius 1 is 1.24 bits per heavy atom. The Bertz CT molecular complexity index is 1100. The van der Waals surface area contributed by atoms with E-state index in [9.17, 15) is 4.79 Å². The maximum atomic E-state index is 12.1. The lowest BCUT2D eigenvalue weighted by molar-refractivity contribution is -0.164. The van der Waals surface area contributed by atoms with Crippen LogP contribution in [0.1, 0.15) is 52.9 Å². The Labute approximate surface area is 202 Å². The van der Waals surface area contributed by atoms with Gasteiger partial charge in [-0.1, -0.05) is 37.3 Å². The van der Waals surface area contributed by atoms with Crippen LogP contribution in [0.15, 0.2) is 45.5 Å². The van der Waals surface area contributed by atoms with Gasteiger partial charge in [-0.25, -0.2) is 14.8 Å². The zero-order valence-electron chi connectivity index (χ0n) is 19.3. The molecule has 1 saturated carbocycles. The number of aromatic nitrogens is 2. The summed E-state index contributed by atoms with van der Waals surface area (Å²) in [5.74, 6) is 1.14. The van der Waals surface area contributed by atoms with Crippen molar-refractivity contribution in [2.75, 3.05) is 11.9 Å². The quantitative estimate of drug-likeness (QED) is 0.361. The summed E-state index contributed by atoms with van der Waals surface area (Å²) in [5.41, 5.74) is 1.03. The number of anilines is 1. The second-order valence-electron chi connectivity index (χ2n) is 9.04. The van der Waals surface area contributed by atoms with E-state index in [1.807, 2.05) is 51.1 Å². The van der Waals surface area contributed by atoms with Crippen molar-refractivity contribution in [2.24, 2.45) is 0 Å². The van der Waals surface area contributed by atoms with Crippen LogP contribution >= 0.6 is 15.9 Å². The van der Waals surface area contributed by atoms with Crippen LogP contribution in [0.3, 0.4) is 0 Å². The van der Waals surface area contributed by atoms with Crippen LogP contribution in [-0.2, 0) is 14.3 Å². The van der Waals surface area contributed by atoms with Crippen molar-refractivity contribution in [3.8, 4) is 11.3 Å². The van der Waals surface area contributed by atoms with Crippen LogP contribution in [0.2, 0.25) is 0 Å². The number of carbonyl (C=O) groups is 1. The average Bonchev–Trinajstić information content (AvgIpc) is 3.16. The first-order chi connectivity index (χ1) is 15.9. The molecule has 0 spiro atoms. The maximum absolute atomic E-state index is 12.1. The Morgan fingerprint density at radius 2 is 2.03 bits per heavy atom. The standard InChI is InChI=1S/C25H30BrN3O4/c1-4-25(2,3)33-19(30)14-31-18-12-8-11-17(13-18)29-23-20-21(26)22(16-9-6-5-7-10-16)32-24(20)28-15-27-23/h5-7,9-10,15,17-18H,4,8,11-14H2,1-3H3,(H,27,28,29)/t17-,18+/m0/s1. The number of benzene rings is 1. The summed E-state index contributed by atoms with van der Waals surface area (Å²) >= 11 is 3.70. The molecule has 1 N–H and O–H groups in total. The second kappa shape index (κ2) is 10.2. The Kier molecular flexibility index (Phi) is 7.34. The van der Waals surface area contributed by atoms with Crippen LogP contribution < -0.4 is 5.32 Å². The number of rotatable bonds is 8. The van der Waals surface area contributed by atoms with E-state index in [0.717, 1.165) is 59.1 Å². The number of furan rings is 1. The van der Waals surface area contributed by atoms with E-state index in [-0.39, 0.29) is 24.7 Å². The minimum Gasteiger partial charge on any atom is -0.458 e. The van der Waals surface area contributed by atoms with E-state index in [4.69, 9.17) is 13.9 Å².